The minimum absolute atomic E-state index is 0.557. The van der Waals surface area contributed by atoms with Gasteiger partial charge in [-0.15, -0.1) is 0 Å². The van der Waals surface area contributed by atoms with Gasteiger partial charge in [-0.05, 0) is 53.4 Å². The third-order valence-corrected chi connectivity index (χ3v) is 4.59. The van der Waals surface area contributed by atoms with Crippen molar-refractivity contribution in [2.45, 2.75) is 39.5 Å². The van der Waals surface area contributed by atoms with E-state index in [1.807, 2.05) is 0 Å². The molecule has 0 amide bonds. The molecule has 1 radical (unpaired) electrons. The van der Waals surface area contributed by atoms with E-state index in [0.29, 0.717) is 5.41 Å². The molecule has 0 N–H and O–H groups in total. The van der Waals surface area contributed by atoms with Crippen molar-refractivity contribution in [3.05, 3.63) is 46.9 Å². The van der Waals surface area contributed by atoms with Crippen molar-refractivity contribution >= 4 is 6.08 Å². The Kier molecular flexibility index (Phi) is 2.20. The second-order valence-electron chi connectivity index (χ2n) is 5.34. The smallest absolute Gasteiger partial charge is 0.0131 e. The Morgan fingerprint density at radius 2 is 1.62 bits per heavy atom. The molecule has 0 fully saturated rings. The Morgan fingerprint density at radius 3 is 2.25 bits per heavy atom. The molecule has 2 aliphatic carbocycles. The molecule has 3 rings (SSSR count). The summed E-state index contributed by atoms with van der Waals surface area (Å²) in [6, 6.07) is 4.83. The van der Waals surface area contributed by atoms with Gasteiger partial charge in [-0.1, -0.05) is 38.1 Å². The van der Waals surface area contributed by atoms with Crippen molar-refractivity contribution in [3.8, 4) is 0 Å². The lowest BCUT2D eigenvalue weighted by Gasteiger charge is -2.25. The summed E-state index contributed by atoms with van der Waals surface area (Å²) >= 11 is 0. The van der Waals surface area contributed by atoms with E-state index in [9.17, 15) is 0 Å². The first-order valence-electron chi connectivity index (χ1n) is 6.43. The van der Waals surface area contributed by atoms with Crippen molar-refractivity contribution < 1.29 is 0 Å². The van der Waals surface area contributed by atoms with Crippen LogP contribution in [0.2, 0.25) is 0 Å². The van der Waals surface area contributed by atoms with Gasteiger partial charge >= 0.3 is 0 Å². The van der Waals surface area contributed by atoms with Gasteiger partial charge in [0.25, 0.3) is 0 Å². The monoisotopic (exact) mass is 211 g/mol. The topological polar surface area (TPSA) is 0 Å². The molecule has 1 aromatic carbocycles. The fourth-order valence-electron chi connectivity index (χ4n) is 3.22. The molecule has 0 spiro atoms. The van der Waals surface area contributed by atoms with Gasteiger partial charge in [-0.2, -0.15) is 0 Å². The second kappa shape index (κ2) is 3.48. The Labute approximate surface area is 98.4 Å². The van der Waals surface area contributed by atoms with E-state index in [-0.39, 0.29) is 0 Å². The molecular weight excluding hydrogens is 192 g/mol. The van der Waals surface area contributed by atoms with Crippen LogP contribution in [-0.2, 0) is 12.8 Å². The Morgan fingerprint density at radius 1 is 1.00 bits per heavy atom. The minimum atomic E-state index is 0.557. The average molecular weight is 211 g/mol. The Hall–Kier alpha value is -1.04. The van der Waals surface area contributed by atoms with E-state index in [1.165, 1.54) is 36.8 Å². The first-order valence-corrected chi connectivity index (χ1v) is 6.43. The van der Waals surface area contributed by atoms with Crippen molar-refractivity contribution in [3.63, 3.8) is 0 Å². The van der Waals surface area contributed by atoms with E-state index in [4.69, 9.17) is 0 Å². The standard InChI is InChI=1S/C16H19/c1-3-16(4-2)10-14-8-12-6-5-7-13(12)9-15(14)11-16/h5-9H,3-4,10-11H2,1-2H3. The normalized spacial score (nSPS) is 19.9. The minimum Gasteiger partial charge on any atom is -0.0755 e. The van der Waals surface area contributed by atoms with Gasteiger partial charge in [0.2, 0.25) is 0 Å². The fraction of sp³-hybridized carbons (Fsp3) is 0.438. The van der Waals surface area contributed by atoms with Crippen LogP contribution in [0.3, 0.4) is 0 Å². The third-order valence-electron chi connectivity index (χ3n) is 4.59. The SMILES string of the molecule is CCC1(CC)Cc2cc3c(cc2C1)C=C[CH]3. The number of benzene rings is 1. The Balaban J connectivity index is 2.01. The molecule has 16 heavy (non-hydrogen) atoms. The predicted molar refractivity (Wildman–Crippen MR) is 69.3 cm³/mol. The molecule has 1 aromatic rings. The summed E-state index contributed by atoms with van der Waals surface area (Å²) < 4.78 is 0. The summed E-state index contributed by atoms with van der Waals surface area (Å²) in [5, 5.41) is 0. The summed E-state index contributed by atoms with van der Waals surface area (Å²) in [5.74, 6) is 0. The zero-order chi connectivity index (χ0) is 11.2. The van der Waals surface area contributed by atoms with Gasteiger partial charge < -0.3 is 0 Å². The summed E-state index contributed by atoms with van der Waals surface area (Å²) in [6.07, 6.45) is 11.8. The highest BCUT2D eigenvalue weighted by Crippen LogP contribution is 2.43. The maximum atomic E-state index is 2.41. The lowest BCUT2D eigenvalue weighted by atomic mass is 9.80. The van der Waals surface area contributed by atoms with Crippen molar-refractivity contribution in [2.75, 3.05) is 0 Å². The molecule has 0 bridgehead atoms. The van der Waals surface area contributed by atoms with Crippen LogP contribution in [0.5, 0.6) is 0 Å². The number of rotatable bonds is 2. The van der Waals surface area contributed by atoms with Crippen molar-refractivity contribution in [1.29, 1.82) is 0 Å². The van der Waals surface area contributed by atoms with Crippen LogP contribution in [0.1, 0.15) is 48.9 Å². The number of fused-ring (bicyclic) bond motifs is 2. The molecular formula is C16H19. The van der Waals surface area contributed by atoms with Gasteiger partial charge in [0.05, 0.1) is 0 Å². The van der Waals surface area contributed by atoms with Gasteiger partial charge in [-0.25, -0.2) is 0 Å². The molecule has 0 unspecified atom stereocenters. The van der Waals surface area contributed by atoms with Crippen molar-refractivity contribution in [1.82, 2.24) is 0 Å². The van der Waals surface area contributed by atoms with Crippen LogP contribution in [0.4, 0.5) is 0 Å². The summed E-state index contributed by atoms with van der Waals surface area (Å²) in [5.41, 5.74) is 6.59. The van der Waals surface area contributed by atoms with Gasteiger partial charge in [0, 0.05) is 6.42 Å². The molecule has 83 valence electrons. The maximum Gasteiger partial charge on any atom is 0.0131 e. The number of hydrogen-bond donors (Lipinski definition) is 0. The lowest BCUT2D eigenvalue weighted by Crippen LogP contribution is -2.18. The van der Waals surface area contributed by atoms with Gasteiger partial charge in [0.15, 0.2) is 0 Å². The van der Waals surface area contributed by atoms with Crippen LogP contribution in [0.25, 0.3) is 6.08 Å². The molecule has 0 atom stereocenters. The summed E-state index contributed by atoms with van der Waals surface area (Å²) in [6.45, 7) is 4.68. The van der Waals surface area contributed by atoms with Gasteiger partial charge in [-0.3, -0.25) is 0 Å². The number of allylic oxidation sites excluding steroid dienone is 1. The molecule has 0 saturated carbocycles. The lowest BCUT2D eigenvalue weighted by molar-refractivity contribution is 0.280. The molecule has 0 heterocycles. The fourth-order valence-corrected chi connectivity index (χ4v) is 3.22. The molecule has 0 aliphatic heterocycles. The molecule has 0 aromatic heterocycles. The first kappa shape index (κ1) is 10.1. The predicted octanol–water partition coefficient (Wildman–Crippen LogP) is 4.17. The highest BCUT2D eigenvalue weighted by molar-refractivity contribution is 5.67. The van der Waals surface area contributed by atoms with Crippen LogP contribution < -0.4 is 0 Å². The summed E-state index contributed by atoms with van der Waals surface area (Å²) in [4.78, 5) is 0. The highest BCUT2D eigenvalue weighted by atomic mass is 14.4. The molecule has 0 heteroatoms. The number of hydrogen-bond acceptors (Lipinski definition) is 0. The average Bonchev–Trinajstić information content (AvgIpc) is 2.88. The van der Waals surface area contributed by atoms with Crippen LogP contribution in [0.15, 0.2) is 18.2 Å². The zero-order valence-corrected chi connectivity index (χ0v) is 10.2. The van der Waals surface area contributed by atoms with E-state index >= 15 is 0 Å². The van der Waals surface area contributed by atoms with Crippen LogP contribution in [-0.4, -0.2) is 0 Å². The van der Waals surface area contributed by atoms with E-state index in [1.54, 1.807) is 11.1 Å². The van der Waals surface area contributed by atoms with E-state index in [2.05, 4.69) is 44.6 Å². The van der Waals surface area contributed by atoms with Gasteiger partial charge in [0.1, 0.15) is 0 Å². The molecule has 0 saturated heterocycles. The first-order chi connectivity index (χ1) is 7.76. The molecule has 2 aliphatic rings. The van der Waals surface area contributed by atoms with E-state index in [0.717, 1.165) is 0 Å². The Bertz CT molecular complexity index is 447. The molecule has 0 nitrogen and oxygen atoms in total. The summed E-state index contributed by atoms with van der Waals surface area (Å²) in [7, 11) is 0. The largest absolute Gasteiger partial charge is 0.0755 e. The quantitative estimate of drug-likeness (QED) is 0.688. The second-order valence-corrected chi connectivity index (χ2v) is 5.34. The zero-order valence-electron chi connectivity index (χ0n) is 10.2. The van der Waals surface area contributed by atoms with E-state index < -0.39 is 0 Å². The van der Waals surface area contributed by atoms with Crippen LogP contribution >= 0.6 is 0 Å². The van der Waals surface area contributed by atoms with Crippen LogP contribution in [0, 0.1) is 11.8 Å². The van der Waals surface area contributed by atoms with Crippen molar-refractivity contribution in [2.24, 2.45) is 5.41 Å². The third kappa shape index (κ3) is 1.36. The maximum absolute atomic E-state index is 2.41. The highest BCUT2D eigenvalue weighted by Gasteiger charge is 2.34.